The van der Waals surface area contributed by atoms with Gasteiger partial charge in [0, 0.05) is 41.4 Å². The number of nitrogens with zero attached hydrogens (tertiary/aromatic N) is 5. The summed E-state index contributed by atoms with van der Waals surface area (Å²) in [4.78, 5) is 29.6. The Labute approximate surface area is 171 Å². The second-order valence-corrected chi connectivity index (χ2v) is 7.45. The van der Waals surface area contributed by atoms with Gasteiger partial charge in [-0.15, -0.1) is 0 Å². The predicted molar refractivity (Wildman–Crippen MR) is 113 cm³/mol. The van der Waals surface area contributed by atoms with Crippen molar-refractivity contribution < 1.29 is 4.79 Å². The molecule has 2 atom stereocenters. The Morgan fingerprint density at radius 3 is 2.80 bits per heavy atom. The molecule has 1 fully saturated rings. The maximum atomic E-state index is 12.3. The minimum atomic E-state index is -0.253. The molecular weight excluding hydrogens is 378 g/mol. The molecule has 0 bridgehead atoms. The van der Waals surface area contributed by atoms with Crippen LogP contribution >= 0.6 is 0 Å². The second kappa shape index (κ2) is 6.74. The SMILES string of the molecule is Cc1c(-c2cc(N)c3cnc(NC(=O)C4CC4C#N)cc3c2)cnc2nccnc12. The lowest BCUT2D eigenvalue weighted by Gasteiger charge is -2.12. The molecular formula is C22H17N7O. The van der Waals surface area contributed by atoms with E-state index in [-0.39, 0.29) is 17.7 Å². The number of nitrogens with one attached hydrogen (secondary N) is 1. The molecule has 30 heavy (non-hydrogen) atoms. The monoisotopic (exact) mass is 395 g/mol. The quantitative estimate of drug-likeness (QED) is 0.509. The zero-order valence-corrected chi connectivity index (χ0v) is 16.1. The normalized spacial score (nSPS) is 17.6. The van der Waals surface area contributed by atoms with E-state index >= 15 is 0 Å². The van der Waals surface area contributed by atoms with Gasteiger partial charge < -0.3 is 11.1 Å². The summed E-state index contributed by atoms with van der Waals surface area (Å²) in [5, 5.41) is 13.4. The number of aromatic nitrogens is 4. The van der Waals surface area contributed by atoms with E-state index < -0.39 is 0 Å². The highest BCUT2D eigenvalue weighted by atomic mass is 16.2. The zero-order chi connectivity index (χ0) is 20.8. The van der Waals surface area contributed by atoms with Gasteiger partial charge in [-0.3, -0.25) is 9.78 Å². The molecule has 1 aliphatic carbocycles. The van der Waals surface area contributed by atoms with Crippen molar-refractivity contribution in [2.45, 2.75) is 13.3 Å². The molecule has 1 aromatic carbocycles. The molecule has 146 valence electrons. The maximum absolute atomic E-state index is 12.3. The van der Waals surface area contributed by atoms with E-state index in [0.717, 1.165) is 33.0 Å². The van der Waals surface area contributed by atoms with Gasteiger partial charge in [-0.25, -0.2) is 15.0 Å². The van der Waals surface area contributed by atoms with Gasteiger partial charge in [0.1, 0.15) is 11.3 Å². The van der Waals surface area contributed by atoms with E-state index in [0.29, 0.717) is 23.6 Å². The highest BCUT2D eigenvalue weighted by molar-refractivity contribution is 6.00. The van der Waals surface area contributed by atoms with Gasteiger partial charge in [0.15, 0.2) is 5.65 Å². The van der Waals surface area contributed by atoms with Crippen LogP contribution in [0.1, 0.15) is 12.0 Å². The lowest BCUT2D eigenvalue weighted by Crippen LogP contribution is -2.15. The first kappa shape index (κ1) is 17.9. The van der Waals surface area contributed by atoms with Crippen LogP contribution in [0.15, 0.2) is 43.0 Å². The third-order valence-electron chi connectivity index (χ3n) is 5.48. The molecule has 3 aromatic heterocycles. The van der Waals surface area contributed by atoms with Crippen LogP contribution < -0.4 is 11.1 Å². The summed E-state index contributed by atoms with van der Waals surface area (Å²) >= 11 is 0. The Morgan fingerprint density at radius 1 is 1.17 bits per heavy atom. The molecule has 2 unspecified atom stereocenters. The fourth-order valence-electron chi connectivity index (χ4n) is 3.69. The van der Waals surface area contributed by atoms with Crippen molar-refractivity contribution in [2.75, 3.05) is 11.1 Å². The molecule has 0 aliphatic heterocycles. The molecule has 1 aliphatic rings. The molecule has 5 rings (SSSR count). The van der Waals surface area contributed by atoms with Crippen LogP contribution in [0.25, 0.3) is 33.1 Å². The van der Waals surface area contributed by atoms with Gasteiger partial charge >= 0.3 is 0 Å². The average Bonchev–Trinajstić information content (AvgIpc) is 3.54. The summed E-state index contributed by atoms with van der Waals surface area (Å²) in [5.74, 6) is -0.187. The number of carbonyl (C=O) groups is 1. The van der Waals surface area contributed by atoms with Crippen molar-refractivity contribution in [2.24, 2.45) is 11.8 Å². The molecule has 3 heterocycles. The van der Waals surface area contributed by atoms with Gasteiger partial charge in [0.05, 0.1) is 17.9 Å². The number of aryl methyl sites for hydroxylation is 1. The third kappa shape index (κ3) is 2.97. The fourth-order valence-corrected chi connectivity index (χ4v) is 3.69. The number of carbonyl (C=O) groups excluding carboxylic acids is 1. The van der Waals surface area contributed by atoms with E-state index in [9.17, 15) is 4.79 Å². The van der Waals surface area contributed by atoms with Crippen LogP contribution in [0, 0.1) is 30.1 Å². The minimum Gasteiger partial charge on any atom is -0.398 e. The van der Waals surface area contributed by atoms with Gasteiger partial charge in [-0.1, -0.05) is 0 Å². The average molecular weight is 395 g/mol. The first-order valence-corrected chi connectivity index (χ1v) is 9.51. The summed E-state index contributed by atoms with van der Waals surface area (Å²) in [6.07, 6.45) is 7.28. The van der Waals surface area contributed by atoms with Crippen LogP contribution in [0.2, 0.25) is 0 Å². The van der Waals surface area contributed by atoms with E-state index in [1.807, 2.05) is 19.1 Å². The molecule has 1 amide bonds. The predicted octanol–water partition coefficient (Wildman–Crippen LogP) is 3.23. The molecule has 8 nitrogen and oxygen atoms in total. The molecule has 0 radical (unpaired) electrons. The topological polar surface area (TPSA) is 130 Å². The van der Waals surface area contributed by atoms with Gasteiger partial charge in [-0.05, 0) is 48.1 Å². The Morgan fingerprint density at radius 2 is 2.00 bits per heavy atom. The Balaban J connectivity index is 1.55. The van der Waals surface area contributed by atoms with Crippen LogP contribution in [-0.2, 0) is 4.79 Å². The lowest BCUT2D eigenvalue weighted by atomic mass is 9.98. The number of nitriles is 1. The Kier molecular flexibility index (Phi) is 4.03. The molecule has 4 aromatic rings. The first-order valence-electron chi connectivity index (χ1n) is 9.51. The largest absolute Gasteiger partial charge is 0.398 e. The number of rotatable bonds is 3. The van der Waals surface area contributed by atoms with Crippen molar-refractivity contribution in [1.82, 2.24) is 19.9 Å². The number of hydrogen-bond acceptors (Lipinski definition) is 7. The molecule has 8 heteroatoms. The minimum absolute atomic E-state index is 0.175. The van der Waals surface area contributed by atoms with Crippen molar-refractivity contribution >= 4 is 39.3 Å². The summed E-state index contributed by atoms with van der Waals surface area (Å²) in [7, 11) is 0. The van der Waals surface area contributed by atoms with Crippen LogP contribution in [-0.4, -0.2) is 25.8 Å². The molecule has 0 spiro atoms. The summed E-state index contributed by atoms with van der Waals surface area (Å²) in [5.41, 5.74) is 11.0. The first-order chi connectivity index (χ1) is 14.5. The van der Waals surface area contributed by atoms with E-state index in [2.05, 4.69) is 31.3 Å². The van der Waals surface area contributed by atoms with E-state index in [4.69, 9.17) is 11.0 Å². The number of fused-ring (bicyclic) bond motifs is 2. The van der Waals surface area contributed by atoms with Crippen LogP contribution in [0.4, 0.5) is 11.5 Å². The number of nitrogens with two attached hydrogens (primary N) is 1. The van der Waals surface area contributed by atoms with Gasteiger partial charge in [-0.2, -0.15) is 5.26 Å². The molecule has 3 N–H and O–H groups in total. The molecule has 1 saturated carbocycles. The summed E-state index contributed by atoms with van der Waals surface area (Å²) in [6.45, 7) is 1.98. The number of pyridine rings is 2. The maximum Gasteiger partial charge on any atom is 0.230 e. The van der Waals surface area contributed by atoms with Crippen molar-refractivity contribution in [3.05, 3.63) is 48.5 Å². The lowest BCUT2D eigenvalue weighted by molar-refractivity contribution is -0.117. The Hall–Kier alpha value is -4.12. The highest BCUT2D eigenvalue weighted by Crippen LogP contribution is 2.38. The van der Waals surface area contributed by atoms with Crippen LogP contribution in [0.3, 0.4) is 0 Å². The summed E-state index contributed by atoms with van der Waals surface area (Å²) in [6, 6.07) is 7.79. The van der Waals surface area contributed by atoms with E-state index in [1.54, 1.807) is 30.9 Å². The second-order valence-electron chi connectivity index (χ2n) is 7.45. The van der Waals surface area contributed by atoms with Crippen LogP contribution in [0.5, 0.6) is 0 Å². The van der Waals surface area contributed by atoms with Crippen molar-refractivity contribution in [3.63, 3.8) is 0 Å². The number of nitrogen functional groups attached to an aromatic ring is 1. The third-order valence-corrected chi connectivity index (χ3v) is 5.48. The smallest absolute Gasteiger partial charge is 0.230 e. The number of hydrogen-bond donors (Lipinski definition) is 2. The van der Waals surface area contributed by atoms with Gasteiger partial charge in [0.2, 0.25) is 5.91 Å². The number of anilines is 2. The standard InChI is InChI=1S/C22H17N7O/c1-11-16(9-28-21-20(11)25-2-3-26-21)12-4-13-7-19(27-10-17(13)18(24)6-12)29-22(30)15-5-14(15)8-23/h2-4,6-7,9-10,14-15H,5,24H2,1H3,(H,27,29,30). The number of amides is 1. The highest BCUT2D eigenvalue weighted by Gasteiger charge is 2.43. The number of benzene rings is 1. The molecule has 0 saturated heterocycles. The van der Waals surface area contributed by atoms with Crippen molar-refractivity contribution in [1.29, 1.82) is 5.26 Å². The van der Waals surface area contributed by atoms with Crippen molar-refractivity contribution in [3.8, 4) is 17.2 Å². The zero-order valence-electron chi connectivity index (χ0n) is 16.1. The Bertz CT molecular complexity index is 1380. The fraction of sp³-hybridized carbons (Fsp3) is 0.182. The van der Waals surface area contributed by atoms with E-state index in [1.165, 1.54) is 0 Å². The van der Waals surface area contributed by atoms with Gasteiger partial charge in [0.25, 0.3) is 0 Å². The summed E-state index contributed by atoms with van der Waals surface area (Å²) < 4.78 is 0.